The maximum atomic E-state index is 13.1. The Hall–Kier alpha value is -3.83. The topological polar surface area (TPSA) is 78.8 Å². The average molecular weight is 486 g/mol. The molecule has 0 spiro atoms. The molecule has 0 aliphatic rings. The molecule has 188 valence electrons. The van der Waals surface area contributed by atoms with Crippen LogP contribution in [0, 0.1) is 0 Å². The summed E-state index contributed by atoms with van der Waals surface area (Å²) < 4.78 is 5.65. The zero-order chi connectivity index (χ0) is 25.8. The second-order valence-corrected chi connectivity index (χ2v) is 8.43. The number of hydrogen-bond acceptors (Lipinski definition) is 4. The zero-order valence-corrected chi connectivity index (χ0v) is 21.0. The maximum absolute atomic E-state index is 13.1. The van der Waals surface area contributed by atoms with E-state index in [-0.39, 0.29) is 24.9 Å². The molecule has 36 heavy (non-hydrogen) atoms. The molecule has 0 atom stereocenters. The van der Waals surface area contributed by atoms with Crippen molar-refractivity contribution in [2.45, 2.75) is 33.1 Å². The minimum atomic E-state index is -0.237. The summed E-state index contributed by atoms with van der Waals surface area (Å²) in [5.41, 5.74) is 3.20. The van der Waals surface area contributed by atoms with Crippen LogP contribution in [0.5, 0.6) is 11.5 Å². The Morgan fingerprint density at radius 1 is 1.06 bits per heavy atom. The third kappa shape index (κ3) is 7.33. The van der Waals surface area contributed by atoms with Gasteiger partial charge in [0, 0.05) is 11.8 Å². The molecule has 5 nitrogen and oxygen atoms in total. The van der Waals surface area contributed by atoms with Crippen LogP contribution >= 0.6 is 0 Å². The fourth-order valence-corrected chi connectivity index (χ4v) is 3.99. The number of carbonyl (C=O) groups is 1. The molecule has 3 aromatic rings. The Morgan fingerprint density at radius 3 is 2.58 bits per heavy atom. The molecule has 0 bridgehead atoms. The zero-order valence-electron chi connectivity index (χ0n) is 21.0. The van der Waals surface area contributed by atoms with Gasteiger partial charge in [0.2, 0.25) is 0 Å². The summed E-state index contributed by atoms with van der Waals surface area (Å²) in [5, 5.41) is 24.6. The maximum Gasteiger partial charge on any atom is 0.255 e. The van der Waals surface area contributed by atoms with E-state index < -0.39 is 0 Å². The second kappa shape index (κ2) is 13.9. The van der Waals surface area contributed by atoms with Gasteiger partial charge in [0.15, 0.2) is 0 Å². The molecule has 0 saturated carbocycles. The minimum absolute atomic E-state index is 0.0957. The number of aromatic hydroxyl groups is 1. The highest BCUT2D eigenvalue weighted by Gasteiger charge is 2.15. The molecule has 1 amide bonds. The summed E-state index contributed by atoms with van der Waals surface area (Å²) >= 11 is 0. The molecule has 0 aliphatic carbocycles. The van der Waals surface area contributed by atoms with Crippen LogP contribution in [0.1, 0.15) is 42.6 Å². The number of phenols is 1. The fourth-order valence-electron chi connectivity index (χ4n) is 3.99. The smallest absolute Gasteiger partial charge is 0.255 e. The average Bonchev–Trinajstić information content (AvgIpc) is 2.90. The summed E-state index contributed by atoms with van der Waals surface area (Å²) in [4.78, 5) is 13.1. The van der Waals surface area contributed by atoms with Crippen LogP contribution in [0.2, 0.25) is 0 Å². The molecule has 0 radical (unpaired) electrons. The van der Waals surface area contributed by atoms with Gasteiger partial charge in [-0.2, -0.15) is 0 Å². The third-order valence-electron chi connectivity index (χ3n) is 5.74. The van der Waals surface area contributed by atoms with Crippen LogP contribution in [-0.4, -0.2) is 35.9 Å². The van der Waals surface area contributed by atoms with Crippen molar-refractivity contribution in [3.63, 3.8) is 0 Å². The van der Waals surface area contributed by atoms with E-state index in [9.17, 15) is 15.0 Å². The lowest BCUT2D eigenvalue weighted by Gasteiger charge is -2.14. The van der Waals surface area contributed by atoms with Crippen LogP contribution < -0.4 is 20.5 Å². The van der Waals surface area contributed by atoms with Gasteiger partial charge in [-0.3, -0.25) is 4.79 Å². The standard InChI is InChI=1S/C31H35NO4/c1-3-5-14-25-20-26(22-29(34)27(25)10-4-2)24-15-16-30(36-19-18-33)28(21-24)31(35)32-17-9-13-23-11-7-6-8-12-23/h3,5-8,10-12,14-16,20-22,33-34H,4,9,13,17-19H2,1-2H3,(H,32,35)/b5-3-,25-14-,27-10-. The van der Waals surface area contributed by atoms with Crippen LogP contribution in [-0.2, 0) is 6.42 Å². The highest BCUT2D eigenvalue weighted by molar-refractivity contribution is 5.98. The van der Waals surface area contributed by atoms with Crippen molar-refractivity contribution in [2.75, 3.05) is 19.8 Å². The Morgan fingerprint density at radius 2 is 1.86 bits per heavy atom. The number of aliphatic hydroxyl groups is 1. The van der Waals surface area contributed by atoms with E-state index in [2.05, 4.69) is 17.4 Å². The summed E-state index contributed by atoms with van der Waals surface area (Å²) in [6.07, 6.45) is 10.3. The molecule has 3 aromatic carbocycles. The van der Waals surface area contributed by atoms with Crippen LogP contribution in [0.15, 0.2) is 72.8 Å². The van der Waals surface area contributed by atoms with Gasteiger partial charge in [-0.05, 0) is 72.4 Å². The van der Waals surface area contributed by atoms with Crippen molar-refractivity contribution in [1.29, 1.82) is 0 Å². The third-order valence-corrected chi connectivity index (χ3v) is 5.74. The fraction of sp³-hybridized carbons (Fsp3) is 0.258. The second-order valence-electron chi connectivity index (χ2n) is 8.43. The number of aryl methyl sites for hydroxylation is 1. The molecule has 0 heterocycles. The van der Waals surface area contributed by atoms with E-state index in [0.29, 0.717) is 17.9 Å². The van der Waals surface area contributed by atoms with Crippen molar-refractivity contribution in [1.82, 2.24) is 5.32 Å². The predicted octanol–water partition coefficient (Wildman–Crippen LogP) is 4.34. The minimum Gasteiger partial charge on any atom is -0.507 e. The summed E-state index contributed by atoms with van der Waals surface area (Å²) in [7, 11) is 0. The molecular weight excluding hydrogens is 450 g/mol. The Balaban J connectivity index is 1.90. The number of phenolic OH excluding ortho intramolecular Hbond substituents is 1. The number of carbonyl (C=O) groups excluding carboxylic acids is 1. The molecule has 0 saturated heterocycles. The first-order valence-electron chi connectivity index (χ1n) is 12.4. The Kier molecular flexibility index (Phi) is 10.3. The molecule has 5 heteroatoms. The Labute approximate surface area is 213 Å². The van der Waals surface area contributed by atoms with Gasteiger partial charge >= 0.3 is 0 Å². The van der Waals surface area contributed by atoms with E-state index in [1.165, 1.54) is 5.56 Å². The normalized spacial score (nSPS) is 12.3. The van der Waals surface area contributed by atoms with E-state index >= 15 is 0 Å². The summed E-state index contributed by atoms with van der Waals surface area (Å²) in [5.74, 6) is 0.366. The van der Waals surface area contributed by atoms with E-state index in [4.69, 9.17) is 4.74 Å². The number of benzene rings is 3. The monoisotopic (exact) mass is 485 g/mol. The van der Waals surface area contributed by atoms with Crippen molar-refractivity contribution in [3.8, 4) is 22.6 Å². The number of allylic oxidation sites excluding steroid dienone is 2. The first-order chi connectivity index (χ1) is 17.6. The van der Waals surface area contributed by atoms with Crippen LogP contribution in [0.25, 0.3) is 23.3 Å². The molecule has 0 unspecified atom stereocenters. The molecule has 3 rings (SSSR count). The number of rotatable bonds is 11. The number of ether oxygens (including phenoxy) is 1. The number of amides is 1. The molecule has 0 fully saturated rings. The lowest BCUT2D eigenvalue weighted by molar-refractivity contribution is 0.0947. The molecular formula is C31H35NO4. The number of hydrogen-bond donors (Lipinski definition) is 3. The van der Waals surface area contributed by atoms with Gasteiger partial charge in [-0.15, -0.1) is 0 Å². The van der Waals surface area contributed by atoms with Crippen molar-refractivity contribution in [3.05, 3.63) is 94.4 Å². The number of aliphatic hydroxyl groups excluding tert-OH is 1. The summed E-state index contributed by atoms with van der Waals surface area (Å²) in [6.45, 7) is 4.45. The van der Waals surface area contributed by atoms with Crippen molar-refractivity contribution < 1.29 is 19.7 Å². The lowest BCUT2D eigenvalue weighted by Crippen LogP contribution is -2.26. The van der Waals surface area contributed by atoms with E-state index in [1.807, 2.05) is 68.5 Å². The molecule has 3 N–H and O–H groups in total. The highest BCUT2D eigenvalue weighted by atomic mass is 16.5. The first kappa shape index (κ1) is 26.8. The quantitative estimate of drug-likeness (QED) is 0.353. The van der Waals surface area contributed by atoms with Crippen molar-refractivity contribution >= 4 is 18.1 Å². The molecule has 0 aromatic heterocycles. The summed E-state index contributed by atoms with van der Waals surface area (Å²) in [6, 6.07) is 19.3. The SMILES string of the molecule is C\C=C/C=c1/cc(-c2ccc(OCCO)c(C(=O)NCCCc3ccccc3)c2)cc(O)/c1=C\CC. The van der Waals surface area contributed by atoms with Gasteiger partial charge in [-0.25, -0.2) is 0 Å². The highest BCUT2D eigenvalue weighted by Crippen LogP contribution is 2.27. The van der Waals surface area contributed by atoms with Crippen LogP contribution in [0.4, 0.5) is 0 Å². The molecule has 0 aliphatic heterocycles. The van der Waals surface area contributed by atoms with Gasteiger partial charge in [0.1, 0.15) is 18.1 Å². The van der Waals surface area contributed by atoms with Gasteiger partial charge in [0.25, 0.3) is 5.91 Å². The van der Waals surface area contributed by atoms with Crippen LogP contribution in [0.3, 0.4) is 0 Å². The van der Waals surface area contributed by atoms with E-state index in [1.54, 1.807) is 18.2 Å². The number of nitrogens with one attached hydrogen (secondary N) is 1. The predicted molar refractivity (Wildman–Crippen MR) is 147 cm³/mol. The largest absolute Gasteiger partial charge is 0.507 e. The van der Waals surface area contributed by atoms with Gasteiger partial charge in [0.05, 0.1) is 12.2 Å². The lowest BCUT2D eigenvalue weighted by atomic mass is 9.99. The Bertz CT molecular complexity index is 1300. The first-order valence-corrected chi connectivity index (χ1v) is 12.4. The van der Waals surface area contributed by atoms with Gasteiger partial charge in [-0.1, -0.05) is 67.6 Å². The van der Waals surface area contributed by atoms with Crippen molar-refractivity contribution in [2.24, 2.45) is 0 Å². The van der Waals surface area contributed by atoms with Gasteiger partial charge < -0.3 is 20.3 Å². The van der Waals surface area contributed by atoms with E-state index in [0.717, 1.165) is 40.8 Å².